The van der Waals surface area contributed by atoms with E-state index < -0.39 is 10.7 Å². The number of rotatable bonds is 0. The van der Waals surface area contributed by atoms with Crippen molar-refractivity contribution in [2.24, 2.45) is 9.46 Å². The molecule has 0 bridgehead atoms. The number of halogens is 1. The lowest BCUT2D eigenvalue weighted by Crippen LogP contribution is -2.24. The highest BCUT2D eigenvalue weighted by Crippen LogP contribution is 2.23. The van der Waals surface area contributed by atoms with Crippen LogP contribution in [0.5, 0.6) is 0 Å². The first kappa shape index (κ1) is 7.93. The van der Waals surface area contributed by atoms with Crippen LogP contribution in [-0.2, 0) is 10.7 Å². The summed E-state index contributed by atoms with van der Waals surface area (Å²) in [6.45, 7) is 3.67. The molecule has 2 rings (SSSR count). The normalized spacial score (nSPS) is 28.5. The molecule has 0 amide bonds. The minimum Gasteiger partial charge on any atom is -0.275 e. The van der Waals surface area contributed by atoms with Crippen molar-refractivity contribution in [3.05, 3.63) is 22.7 Å². The van der Waals surface area contributed by atoms with E-state index in [0.29, 0.717) is 20.5 Å². The van der Waals surface area contributed by atoms with E-state index in [2.05, 4.69) is 21.5 Å². The Morgan fingerprint density at radius 3 is 3.25 bits per heavy atom. The fraction of sp³-hybridized carbons (Fsp3) is 0. The number of hydrogen-bond donors (Lipinski definition) is 2. The molecule has 5 nitrogen and oxygen atoms in total. The standard InChI is InChI=1S/C5H5ClN4OS/c1-3-7-4(6)2-5-8-10(11)9-12(3)5/h2,8,11H,1H2. The highest BCUT2D eigenvalue weighted by molar-refractivity contribution is 7.95. The smallest absolute Gasteiger partial charge is 0.133 e. The molecule has 0 fully saturated rings. The van der Waals surface area contributed by atoms with Crippen molar-refractivity contribution < 1.29 is 5.21 Å². The van der Waals surface area contributed by atoms with Gasteiger partial charge < -0.3 is 0 Å². The van der Waals surface area contributed by atoms with Gasteiger partial charge in [0.25, 0.3) is 0 Å². The topological polar surface area (TPSA) is 60.2 Å². The molecule has 0 spiro atoms. The Balaban J connectivity index is 2.45. The zero-order chi connectivity index (χ0) is 8.72. The second-order valence-corrected chi connectivity index (χ2v) is 4.14. The molecule has 0 aromatic heterocycles. The summed E-state index contributed by atoms with van der Waals surface area (Å²) in [7, 11) is -0.596. The molecule has 2 heterocycles. The van der Waals surface area contributed by atoms with E-state index in [1.165, 1.54) is 0 Å². The van der Waals surface area contributed by atoms with E-state index in [1.807, 2.05) is 0 Å². The fourth-order valence-corrected chi connectivity index (χ4v) is 2.38. The second kappa shape index (κ2) is 2.67. The van der Waals surface area contributed by atoms with Gasteiger partial charge in [0.1, 0.15) is 15.2 Å². The number of hydrazine groups is 1. The van der Waals surface area contributed by atoms with Crippen molar-refractivity contribution in [2.45, 2.75) is 0 Å². The van der Waals surface area contributed by atoms with E-state index in [1.54, 1.807) is 6.08 Å². The quantitative estimate of drug-likeness (QED) is 0.616. The first-order valence-electron chi connectivity index (χ1n) is 3.03. The van der Waals surface area contributed by atoms with Crippen LogP contribution in [0.1, 0.15) is 0 Å². The second-order valence-electron chi connectivity index (χ2n) is 2.10. The average molecular weight is 205 g/mol. The molecule has 2 aliphatic heterocycles. The van der Waals surface area contributed by atoms with E-state index in [0.717, 1.165) is 0 Å². The Kier molecular flexibility index (Phi) is 1.76. The van der Waals surface area contributed by atoms with Crippen LogP contribution in [0.15, 0.2) is 32.2 Å². The van der Waals surface area contributed by atoms with E-state index in [9.17, 15) is 0 Å². The number of nitrogens with zero attached hydrogens (tertiary/aromatic N) is 3. The predicted molar refractivity (Wildman–Crippen MR) is 47.1 cm³/mol. The van der Waals surface area contributed by atoms with Gasteiger partial charge in [-0.05, 0) is 0 Å². The van der Waals surface area contributed by atoms with Gasteiger partial charge in [-0.2, -0.15) is 0 Å². The number of fused-ring (bicyclic) bond motifs is 1. The summed E-state index contributed by atoms with van der Waals surface area (Å²) in [4.78, 5) is 3.91. The van der Waals surface area contributed by atoms with Crippen molar-refractivity contribution in [2.75, 3.05) is 0 Å². The van der Waals surface area contributed by atoms with E-state index in [4.69, 9.17) is 16.8 Å². The Hall–Kier alpha value is -0.690. The lowest BCUT2D eigenvalue weighted by atomic mass is 10.6. The van der Waals surface area contributed by atoms with Crippen molar-refractivity contribution in [3.8, 4) is 0 Å². The third-order valence-corrected chi connectivity index (χ3v) is 2.96. The Labute approximate surface area is 76.0 Å². The minimum absolute atomic E-state index is 0.344. The van der Waals surface area contributed by atoms with Gasteiger partial charge >= 0.3 is 0 Å². The monoisotopic (exact) mass is 204 g/mol. The number of hydrogen-bond acceptors (Lipinski definition) is 5. The maximum absolute atomic E-state index is 8.95. The molecule has 0 aromatic carbocycles. The van der Waals surface area contributed by atoms with Crippen LogP contribution in [0.2, 0.25) is 0 Å². The maximum Gasteiger partial charge on any atom is 0.133 e. The van der Waals surface area contributed by atoms with Crippen molar-refractivity contribution in [1.29, 1.82) is 0 Å². The van der Waals surface area contributed by atoms with Crippen molar-refractivity contribution in [1.82, 2.24) is 10.7 Å². The van der Waals surface area contributed by atoms with Gasteiger partial charge in [0, 0.05) is 22.0 Å². The van der Waals surface area contributed by atoms with Gasteiger partial charge in [-0.25, -0.2) is 4.99 Å². The van der Waals surface area contributed by atoms with Gasteiger partial charge in [-0.3, -0.25) is 10.6 Å². The van der Waals surface area contributed by atoms with Crippen LogP contribution in [-0.4, -0.2) is 15.7 Å². The van der Waals surface area contributed by atoms with Crippen LogP contribution in [0.3, 0.4) is 0 Å². The lowest BCUT2D eigenvalue weighted by molar-refractivity contribution is -0.117. The third-order valence-electron chi connectivity index (χ3n) is 1.28. The average Bonchev–Trinajstić information content (AvgIpc) is 2.29. The highest BCUT2D eigenvalue weighted by Gasteiger charge is 2.23. The summed E-state index contributed by atoms with van der Waals surface area (Å²) in [5, 5.41) is 11.2. The molecule has 2 N–H and O–H groups in total. The molecule has 0 saturated heterocycles. The van der Waals surface area contributed by atoms with Crippen LogP contribution in [0.25, 0.3) is 0 Å². The van der Waals surface area contributed by atoms with Crippen LogP contribution in [0.4, 0.5) is 0 Å². The SMILES string of the molecule is C=C1N=C(Cl)C=C2NN(O)N=S12. The van der Waals surface area contributed by atoms with Crippen LogP contribution < -0.4 is 5.43 Å². The highest BCUT2D eigenvalue weighted by atomic mass is 35.5. The van der Waals surface area contributed by atoms with Crippen molar-refractivity contribution in [3.63, 3.8) is 0 Å². The summed E-state index contributed by atoms with van der Waals surface area (Å²) in [6, 6.07) is 0. The summed E-state index contributed by atoms with van der Waals surface area (Å²) >= 11 is 5.66. The Morgan fingerprint density at radius 2 is 2.50 bits per heavy atom. The van der Waals surface area contributed by atoms with Crippen LogP contribution in [0, 0.1) is 0 Å². The van der Waals surface area contributed by atoms with Crippen LogP contribution >= 0.6 is 11.6 Å². The molecule has 12 heavy (non-hydrogen) atoms. The van der Waals surface area contributed by atoms with E-state index >= 15 is 0 Å². The predicted octanol–water partition coefficient (Wildman–Crippen LogP) is 0.876. The first-order chi connectivity index (χ1) is 5.66. The Bertz CT molecular complexity index is 347. The molecule has 1 atom stereocenters. The number of allylic oxidation sites excluding steroid dienone is 1. The third kappa shape index (κ3) is 1.18. The molecule has 1 unspecified atom stereocenters. The number of aliphatic imine (C=N–C) groups is 1. The molecule has 0 radical (unpaired) electrons. The molecule has 0 saturated carbocycles. The summed E-state index contributed by atoms with van der Waals surface area (Å²) in [6.07, 6.45) is 1.61. The summed E-state index contributed by atoms with van der Waals surface area (Å²) in [5.74, 6) is 0. The molecule has 7 heteroatoms. The van der Waals surface area contributed by atoms with Gasteiger partial charge in [0.05, 0.1) is 0 Å². The Morgan fingerprint density at radius 1 is 1.75 bits per heavy atom. The first-order valence-corrected chi connectivity index (χ1v) is 4.59. The maximum atomic E-state index is 8.95. The molecule has 64 valence electrons. The zero-order valence-corrected chi connectivity index (χ0v) is 7.43. The summed E-state index contributed by atoms with van der Waals surface area (Å²) < 4.78 is 3.80. The fourth-order valence-electron chi connectivity index (χ4n) is 0.848. The lowest BCUT2D eigenvalue weighted by Gasteiger charge is -2.08. The van der Waals surface area contributed by atoms with Gasteiger partial charge in [0.2, 0.25) is 0 Å². The van der Waals surface area contributed by atoms with Gasteiger partial charge in [-0.1, -0.05) is 18.2 Å². The molecule has 0 aromatic rings. The molecule has 2 aliphatic rings. The van der Waals surface area contributed by atoms with Crippen molar-refractivity contribution >= 4 is 27.5 Å². The minimum atomic E-state index is -0.596. The largest absolute Gasteiger partial charge is 0.275 e. The molecular weight excluding hydrogens is 200 g/mol. The zero-order valence-electron chi connectivity index (χ0n) is 5.86. The molecular formula is C5H5ClN4OS. The molecule has 0 aliphatic carbocycles. The number of nitrogens with one attached hydrogen (secondary N) is 1. The summed E-state index contributed by atoms with van der Waals surface area (Å²) in [5.41, 5.74) is 2.59. The van der Waals surface area contributed by atoms with Gasteiger partial charge in [0.15, 0.2) is 0 Å². The van der Waals surface area contributed by atoms with E-state index in [-0.39, 0.29) is 0 Å². The van der Waals surface area contributed by atoms with Gasteiger partial charge in [-0.15, -0.1) is 4.47 Å².